The Bertz CT molecular complexity index is 775. The van der Waals surface area contributed by atoms with Crippen LogP contribution in [0.1, 0.15) is 21.6 Å². The predicted octanol–water partition coefficient (Wildman–Crippen LogP) is 2.49. The highest BCUT2D eigenvalue weighted by Gasteiger charge is 2.08. The molecule has 0 bridgehead atoms. The quantitative estimate of drug-likeness (QED) is 0.791. The van der Waals surface area contributed by atoms with Crippen molar-refractivity contribution in [2.24, 2.45) is 0 Å². The number of aromatic carboxylic acids is 1. The van der Waals surface area contributed by atoms with Crippen LogP contribution in [0.15, 0.2) is 42.9 Å². The van der Waals surface area contributed by atoms with Crippen LogP contribution in [-0.2, 0) is 6.54 Å². The Morgan fingerprint density at radius 2 is 2.10 bits per heavy atom. The van der Waals surface area contributed by atoms with E-state index < -0.39 is 5.97 Å². The average molecular weight is 267 g/mol. The lowest BCUT2D eigenvalue weighted by molar-refractivity contribution is 0.0697. The molecule has 0 radical (unpaired) electrons. The van der Waals surface area contributed by atoms with Crippen LogP contribution in [0.3, 0.4) is 0 Å². The molecule has 1 aromatic carbocycles. The van der Waals surface area contributed by atoms with Crippen molar-refractivity contribution in [2.75, 3.05) is 0 Å². The summed E-state index contributed by atoms with van der Waals surface area (Å²) in [4.78, 5) is 19.5. The van der Waals surface area contributed by atoms with Gasteiger partial charge in [0.15, 0.2) is 0 Å². The molecule has 0 spiro atoms. The molecule has 0 saturated carbocycles. The summed E-state index contributed by atoms with van der Waals surface area (Å²) < 4.78 is 1.98. The largest absolute Gasteiger partial charge is 0.478 e. The molecule has 0 aliphatic heterocycles. The second-order valence-corrected chi connectivity index (χ2v) is 4.69. The number of fused-ring (bicyclic) bond motifs is 1. The highest BCUT2D eigenvalue weighted by atomic mass is 16.4. The molecule has 3 rings (SSSR count). The second-order valence-electron chi connectivity index (χ2n) is 4.69. The third-order valence-electron chi connectivity index (χ3n) is 3.19. The Hall–Kier alpha value is -2.69. The second kappa shape index (κ2) is 4.77. The van der Waals surface area contributed by atoms with Crippen LogP contribution in [0.4, 0.5) is 0 Å². The number of rotatable bonds is 3. The molecular weight excluding hydrogens is 254 g/mol. The Kier molecular flexibility index (Phi) is 2.95. The molecule has 20 heavy (non-hydrogen) atoms. The van der Waals surface area contributed by atoms with Crippen molar-refractivity contribution in [3.63, 3.8) is 0 Å². The minimum absolute atomic E-state index is 0.250. The third kappa shape index (κ3) is 2.25. The number of hydrogen-bond donors (Lipinski definition) is 1. The zero-order valence-corrected chi connectivity index (χ0v) is 10.9. The van der Waals surface area contributed by atoms with Gasteiger partial charge in [-0.25, -0.2) is 9.78 Å². The van der Waals surface area contributed by atoms with Crippen molar-refractivity contribution < 1.29 is 9.90 Å². The van der Waals surface area contributed by atoms with Crippen molar-refractivity contribution in [3.05, 3.63) is 59.7 Å². The average Bonchev–Trinajstić information content (AvgIpc) is 2.84. The fraction of sp³-hybridized carbons (Fsp3) is 0.133. The standard InChI is InChI=1S/C15H13N3O2/c1-10-2-3-11(7-16-10)8-18-9-17-13-6-12(15(19)20)4-5-14(13)18/h2-7,9H,8H2,1H3,(H,19,20). The minimum atomic E-state index is -0.941. The van der Waals surface area contributed by atoms with E-state index in [4.69, 9.17) is 5.11 Å². The molecule has 2 aromatic heterocycles. The van der Waals surface area contributed by atoms with E-state index >= 15 is 0 Å². The summed E-state index contributed by atoms with van der Waals surface area (Å²) in [6.07, 6.45) is 3.56. The van der Waals surface area contributed by atoms with Crippen LogP contribution in [0, 0.1) is 6.92 Å². The maximum atomic E-state index is 10.9. The Labute approximate surface area is 115 Å². The van der Waals surface area contributed by atoms with Crippen LogP contribution >= 0.6 is 0 Å². The SMILES string of the molecule is Cc1ccc(Cn2cnc3cc(C(=O)O)ccc32)cn1. The van der Waals surface area contributed by atoms with Gasteiger partial charge in [0.2, 0.25) is 0 Å². The number of aryl methyl sites for hydroxylation is 1. The van der Waals surface area contributed by atoms with Gasteiger partial charge in [0.25, 0.3) is 0 Å². The van der Waals surface area contributed by atoms with Crippen LogP contribution in [0.2, 0.25) is 0 Å². The number of imidazole rings is 1. The summed E-state index contributed by atoms with van der Waals surface area (Å²) in [6, 6.07) is 8.96. The molecular formula is C15H13N3O2. The van der Waals surface area contributed by atoms with E-state index in [1.165, 1.54) is 0 Å². The summed E-state index contributed by atoms with van der Waals surface area (Å²) in [5.41, 5.74) is 3.91. The van der Waals surface area contributed by atoms with Gasteiger partial charge in [0.1, 0.15) is 0 Å². The molecule has 0 aliphatic carbocycles. The number of carbonyl (C=O) groups is 1. The summed E-state index contributed by atoms with van der Waals surface area (Å²) in [7, 11) is 0. The molecule has 5 nitrogen and oxygen atoms in total. The van der Waals surface area contributed by atoms with Crippen LogP contribution < -0.4 is 0 Å². The molecule has 100 valence electrons. The lowest BCUT2D eigenvalue weighted by Gasteiger charge is -2.04. The number of carboxylic acids is 1. The molecule has 0 saturated heterocycles. The summed E-state index contributed by atoms with van der Waals surface area (Å²) in [5.74, 6) is -0.941. The molecule has 5 heteroatoms. The summed E-state index contributed by atoms with van der Waals surface area (Å²) in [6.45, 7) is 2.61. The molecule has 1 N–H and O–H groups in total. The number of carboxylic acid groups (broad SMARTS) is 1. The van der Waals surface area contributed by atoms with Gasteiger partial charge in [-0.1, -0.05) is 6.07 Å². The van der Waals surface area contributed by atoms with Crippen LogP contribution in [0.25, 0.3) is 11.0 Å². The first-order chi connectivity index (χ1) is 9.63. The molecule has 2 heterocycles. The van der Waals surface area contributed by atoms with Crippen molar-refractivity contribution in [1.82, 2.24) is 14.5 Å². The lowest BCUT2D eigenvalue weighted by atomic mass is 10.2. The van der Waals surface area contributed by atoms with E-state index in [2.05, 4.69) is 9.97 Å². The van der Waals surface area contributed by atoms with Gasteiger partial charge in [-0.2, -0.15) is 0 Å². The number of pyridine rings is 1. The third-order valence-corrected chi connectivity index (χ3v) is 3.19. The molecule has 3 aromatic rings. The Morgan fingerprint density at radius 3 is 2.80 bits per heavy atom. The molecule has 0 atom stereocenters. The maximum Gasteiger partial charge on any atom is 0.335 e. The first-order valence-electron chi connectivity index (χ1n) is 6.23. The zero-order valence-electron chi connectivity index (χ0n) is 10.9. The fourth-order valence-electron chi connectivity index (χ4n) is 2.11. The maximum absolute atomic E-state index is 10.9. The Balaban J connectivity index is 1.96. The van der Waals surface area contributed by atoms with Gasteiger partial charge in [-0.15, -0.1) is 0 Å². The van der Waals surface area contributed by atoms with Crippen molar-refractivity contribution in [2.45, 2.75) is 13.5 Å². The van der Waals surface area contributed by atoms with Gasteiger partial charge in [0.05, 0.1) is 29.5 Å². The summed E-state index contributed by atoms with van der Waals surface area (Å²) in [5, 5.41) is 8.97. The smallest absolute Gasteiger partial charge is 0.335 e. The van der Waals surface area contributed by atoms with E-state index in [-0.39, 0.29) is 5.56 Å². The number of benzene rings is 1. The van der Waals surface area contributed by atoms with Crippen LogP contribution in [0.5, 0.6) is 0 Å². The number of hydrogen-bond acceptors (Lipinski definition) is 3. The van der Waals surface area contributed by atoms with E-state index in [9.17, 15) is 4.79 Å². The summed E-state index contributed by atoms with van der Waals surface area (Å²) >= 11 is 0. The number of nitrogens with zero attached hydrogens (tertiary/aromatic N) is 3. The Morgan fingerprint density at radius 1 is 1.25 bits per heavy atom. The van der Waals surface area contributed by atoms with Gasteiger partial charge in [0, 0.05) is 11.9 Å². The molecule has 0 fully saturated rings. The normalized spacial score (nSPS) is 10.8. The van der Waals surface area contributed by atoms with Gasteiger partial charge in [-0.3, -0.25) is 4.98 Å². The topological polar surface area (TPSA) is 68.0 Å². The van der Waals surface area contributed by atoms with Crippen molar-refractivity contribution >= 4 is 17.0 Å². The molecule has 0 aliphatic rings. The first kappa shape index (κ1) is 12.3. The number of aromatic nitrogens is 3. The molecule has 0 amide bonds. The highest BCUT2D eigenvalue weighted by molar-refractivity contribution is 5.92. The predicted molar refractivity (Wildman–Crippen MR) is 74.8 cm³/mol. The van der Waals surface area contributed by atoms with Crippen molar-refractivity contribution in [3.8, 4) is 0 Å². The van der Waals surface area contributed by atoms with E-state index in [0.29, 0.717) is 12.1 Å². The first-order valence-corrected chi connectivity index (χ1v) is 6.23. The molecule has 0 unspecified atom stereocenters. The highest BCUT2D eigenvalue weighted by Crippen LogP contribution is 2.16. The lowest BCUT2D eigenvalue weighted by Crippen LogP contribution is -1.99. The van der Waals surface area contributed by atoms with Gasteiger partial charge < -0.3 is 9.67 Å². The minimum Gasteiger partial charge on any atom is -0.478 e. The van der Waals surface area contributed by atoms with Gasteiger partial charge >= 0.3 is 5.97 Å². The fourth-order valence-corrected chi connectivity index (χ4v) is 2.11. The van der Waals surface area contributed by atoms with Gasteiger partial charge in [-0.05, 0) is 36.8 Å². The monoisotopic (exact) mass is 267 g/mol. The van der Waals surface area contributed by atoms with Crippen LogP contribution in [-0.4, -0.2) is 25.6 Å². The zero-order chi connectivity index (χ0) is 14.1. The van der Waals surface area contributed by atoms with E-state index in [1.807, 2.05) is 29.8 Å². The van der Waals surface area contributed by atoms with E-state index in [1.54, 1.807) is 24.5 Å². The van der Waals surface area contributed by atoms with Crippen molar-refractivity contribution in [1.29, 1.82) is 0 Å². The van der Waals surface area contributed by atoms with E-state index in [0.717, 1.165) is 16.8 Å².